The average Bonchev–Trinajstić information content (AvgIpc) is 2.30. The molecule has 98 valence electrons. The maximum Gasteiger partial charge on any atom is 0.308 e. The van der Waals surface area contributed by atoms with Crippen molar-refractivity contribution in [2.75, 3.05) is 11.9 Å². The van der Waals surface area contributed by atoms with E-state index in [2.05, 4.69) is 5.32 Å². The van der Waals surface area contributed by atoms with Crippen molar-refractivity contribution >= 4 is 17.6 Å². The van der Waals surface area contributed by atoms with Gasteiger partial charge in [-0.25, -0.2) is 4.39 Å². The highest BCUT2D eigenvalue weighted by Crippen LogP contribution is 2.17. The van der Waals surface area contributed by atoms with E-state index in [1.54, 1.807) is 6.92 Å². The van der Waals surface area contributed by atoms with E-state index in [-0.39, 0.29) is 12.1 Å². The van der Waals surface area contributed by atoms with Gasteiger partial charge in [0.05, 0.1) is 11.5 Å². The van der Waals surface area contributed by atoms with Crippen molar-refractivity contribution in [1.29, 1.82) is 0 Å². The van der Waals surface area contributed by atoms with Gasteiger partial charge in [0, 0.05) is 12.2 Å². The number of primary amides is 1. The molecule has 0 radical (unpaired) electrons. The second kappa shape index (κ2) is 6.00. The standard InChI is InChI=1S/C12H15FN2O3/c1-2-7(12(17)18)6-15-10-4-3-8(13)5-9(10)11(14)16/h3-5,7,15H,2,6H2,1H3,(H2,14,16)(H,17,18). The van der Waals surface area contributed by atoms with E-state index in [0.29, 0.717) is 12.1 Å². The number of aliphatic carboxylic acids is 1. The molecule has 5 nitrogen and oxygen atoms in total. The zero-order chi connectivity index (χ0) is 13.7. The SMILES string of the molecule is CCC(CNc1ccc(F)cc1C(N)=O)C(=O)O. The Morgan fingerprint density at radius 2 is 2.17 bits per heavy atom. The number of benzene rings is 1. The number of nitrogens with two attached hydrogens (primary N) is 1. The number of carbonyl (C=O) groups is 2. The topological polar surface area (TPSA) is 92.4 Å². The number of carbonyl (C=O) groups excluding carboxylic acids is 1. The van der Waals surface area contributed by atoms with Crippen molar-refractivity contribution in [2.24, 2.45) is 11.7 Å². The Hall–Kier alpha value is -2.11. The van der Waals surface area contributed by atoms with Crippen LogP contribution in [0.25, 0.3) is 0 Å². The van der Waals surface area contributed by atoms with Crippen LogP contribution < -0.4 is 11.1 Å². The Bertz CT molecular complexity index is 463. The van der Waals surface area contributed by atoms with Crippen LogP contribution in [0.3, 0.4) is 0 Å². The lowest BCUT2D eigenvalue weighted by Gasteiger charge is -2.14. The van der Waals surface area contributed by atoms with Crippen LogP contribution in [0.2, 0.25) is 0 Å². The van der Waals surface area contributed by atoms with Gasteiger partial charge in [-0.1, -0.05) is 6.92 Å². The summed E-state index contributed by atoms with van der Waals surface area (Å²) in [5.41, 5.74) is 5.47. The Morgan fingerprint density at radius 1 is 1.50 bits per heavy atom. The minimum atomic E-state index is -0.923. The van der Waals surface area contributed by atoms with Crippen LogP contribution in [0.4, 0.5) is 10.1 Å². The highest BCUT2D eigenvalue weighted by atomic mass is 19.1. The number of halogens is 1. The molecule has 6 heteroatoms. The number of nitrogens with one attached hydrogen (secondary N) is 1. The number of carboxylic acids is 1. The van der Waals surface area contributed by atoms with Crippen molar-refractivity contribution in [3.8, 4) is 0 Å². The first-order valence-corrected chi connectivity index (χ1v) is 5.51. The molecular weight excluding hydrogens is 239 g/mol. The van der Waals surface area contributed by atoms with Crippen LogP contribution in [0, 0.1) is 11.7 Å². The van der Waals surface area contributed by atoms with Gasteiger partial charge in [-0.3, -0.25) is 9.59 Å². The van der Waals surface area contributed by atoms with E-state index in [0.717, 1.165) is 6.07 Å². The van der Waals surface area contributed by atoms with E-state index in [1.165, 1.54) is 12.1 Å². The maximum atomic E-state index is 13.0. The summed E-state index contributed by atoms with van der Waals surface area (Å²) in [5.74, 6) is -2.83. The smallest absolute Gasteiger partial charge is 0.308 e. The van der Waals surface area contributed by atoms with Gasteiger partial charge < -0.3 is 16.2 Å². The summed E-state index contributed by atoms with van der Waals surface area (Å²) in [5, 5.41) is 11.7. The Balaban J connectivity index is 2.84. The Morgan fingerprint density at radius 3 is 2.67 bits per heavy atom. The molecule has 1 unspecified atom stereocenters. The molecule has 0 heterocycles. The summed E-state index contributed by atoms with van der Waals surface area (Å²) >= 11 is 0. The number of anilines is 1. The molecule has 1 aromatic rings. The van der Waals surface area contributed by atoms with Crippen LogP contribution in [-0.2, 0) is 4.79 Å². The number of amides is 1. The van der Waals surface area contributed by atoms with Gasteiger partial charge in [-0.15, -0.1) is 0 Å². The molecule has 1 rings (SSSR count). The zero-order valence-electron chi connectivity index (χ0n) is 9.94. The van der Waals surface area contributed by atoms with Gasteiger partial charge in [0.1, 0.15) is 5.82 Å². The number of hydrogen-bond donors (Lipinski definition) is 3. The molecule has 0 spiro atoms. The summed E-state index contributed by atoms with van der Waals surface area (Å²) < 4.78 is 13.0. The van der Waals surface area contributed by atoms with Crippen LogP contribution in [0.5, 0.6) is 0 Å². The van der Waals surface area contributed by atoms with Crippen LogP contribution >= 0.6 is 0 Å². The molecule has 0 aliphatic rings. The molecule has 0 aliphatic carbocycles. The van der Waals surface area contributed by atoms with Crippen LogP contribution in [0.15, 0.2) is 18.2 Å². The Labute approximate surface area is 104 Å². The highest BCUT2D eigenvalue weighted by molar-refractivity contribution is 5.98. The normalized spacial score (nSPS) is 11.9. The van der Waals surface area contributed by atoms with Crippen molar-refractivity contribution in [3.05, 3.63) is 29.6 Å². The summed E-state index contributed by atoms with van der Waals surface area (Å²) in [4.78, 5) is 22.0. The fourth-order valence-electron chi connectivity index (χ4n) is 1.51. The quantitative estimate of drug-likeness (QED) is 0.716. The van der Waals surface area contributed by atoms with E-state index in [9.17, 15) is 14.0 Å². The third-order valence-electron chi connectivity index (χ3n) is 2.63. The summed E-state index contributed by atoms with van der Waals surface area (Å²) in [6, 6.07) is 3.56. The average molecular weight is 254 g/mol. The first kappa shape index (κ1) is 14.0. The van der Waals surface area contributed by atoms with Gasteiger partial charge >= 0.3 is 5.97 Å². The number of carboxylic acid groups (broad SMARTS) is 1. The maximum absolute atomic E-state index is 13.0. The largest absolute Gasteiger partial charge is 0.481 e. The third kappa shape index (κ3) is 3.44. The molecular formula is C12H15FN2O3. The monoisotopic (exact) mass is 254 g/mol. The summed E-state index contributed by atoms with van der Waals surface area (Å²) in [6.45, 7) is 1.90. The molecule has 1 aromatic carbocycles. The van der Waals surface area contributed by atoms with Crippen molar-refractivity contribution in [3.63, 3.8) is 0 Å². The highest BCUT2D eigenvalue weighted by Gasteiger charge is 2.16. The minimum Gasteiger partial charge on any atom is -0.481 e. The molecule has 0 aliphatic heterocycles. The lowest BCUT2D eigenvalue weighted by atomic mass is 10.1. The molecule has 0 fully saturated rings. The lowest BCUT2D eigenvalue weighted by Crippen LogP contribution is -2.23. The van der Waals surface area contributed by atoms with Gasteiger partial charge in [0.15, 0.2) is 0 Å². The van der Waals surface area contributed by atoms with Crippen molar-refractivity contribution in [1.82, 2.24) is 0 Å². The fourth-order valence-corrected chi connectivity index (χ4v) is 1.51. The first-order chi connectivity index (χ1) is 8.45. The zero-order valence-corrected chi connectivity index (χ0v) is 9.94. The third-order valence-corrected chi connectivity index (χ3v) is 2.63. The van der Waals surface area contributed by atoms with Crippen molar-refractivity contribution in [2.45, 2.75) is 13.3 Å². The van der Waals surface area contributed by atoms with Gasteiger partial charge in [0.25, 0.3) is 5.91 Å². The number of hydrogen-bond acceptors (Lipinski definition) is 3. The van der Waals surface area contributed by atoms with Crippen LogP contribution in [-0.4, -0.2) is 23.5 Å². The molecule has 4 N–H and O–H groups in total. The van der Waals surface area contributed by atoms with Crippen molar-refractivity contribution < 1.29 is 19.1 Å². The van der Waals surface area contributed by atoms with Gasteiger partial charge in [-0.2, -0.15) is 0 Å². The fraction of sp³-hybridized carbons (Fsp3) is 0.333. The van der Waals surface area contributed by atoms with Gasteiger partial charge in [0.2, 0.25) is 0 Å². The van der Waals surface area contributed by atoms with E-state index in [4.69, 9.17) is 10.8 Å². The molecule has 1 atom stereocenters. The second-order valence-corrected chi connectivity index (χ2v) is 3.88. The molecule has 0 saturated carbocycles. The second-order valence-electron chi connectivity index (χ2n) is 3.88. The molecule has 1 amide bonds. The summed E-state index contributed by atoms with van der Waals surface area (Å²) in [7, 11) is 0. The van der Waals surface area contributed by atoms with Crippen LogP contribution in [0.1, 0.15) is 23.7 Å². The lowest BCUT2D eigenvalue weighted by molar-refractivity contribution is -0.141. The van der Waals surface area contributed by atoms with E-state index in [1.807, 2.05) is 0 Å². The predicted molar refractivity (Wildman–Crippen MR) is 64.8 cm³/mol. The first-order valence-electron chi connectivity index (χ1n) is 5.51. The predicted octanol–water partition coefficient (Wildman–Crippen LogP) is 1.45. The van der Waals surface area contributed by atoms with Gasteiger partial charge in [-0.05, 0) is 24.6 Å². The molecule has 0 saturated heterocycles. The van der Waals surface area contributed by atoms with E-state index < -0.39 is 23.6 Å². The summed E-state index contributed by atoms with van der Waals surface area (Å²) in [6.07, 6.45) is 0.454. The molecule has 0 bridgehead atoms. The molecule has 18 heavy (non-hydrogen) atoms. The number of rotatable bonds is 6. The molecule has 0 aromatic heterocycles. The Kier molecular flexibility index (Phi) is 4.65. The van der Waals surface area contributed by atoms with E-state index >= 15 is 0 Å². The minimum absolute atomic E-state index is 0.00948.